The van der Waals surface area contributed by atoms with Crippen LogP contribution in [0.15, 0.2) is 10.5 Å². The molecule has 2 heterocycles. The van der Waals surface area contributed by atoms with Crippen molar-refractivity contribution in [3.63, 3.8) is 0 Å². The van der Waals surface area contributed by atoms with Gasteiger partial charge in [-0.05, 0) is 19.9 Å². The molecule has 0 amide bonds. The van der Waals surface area contributed by atoms with Gasteiger partial charge in [-0.2, -0.15) is 0 Å². The highest BCUT2D eigenvalue weighted by atomic mass is 16.4. The molecule has 4 heteroatoms. The van der Waals surface area contributed by atoms with E-state index in [1.54, 1.807) is 6.07 Å². The Balaban J connectivity index is 2.42. The molecule has 0 bridgehead atoms. The van der Waals surface area contributed by atoms with E-state index in [1.165, 1.54) is 0 Å². The van der Waals surface area contributed by atoms with Crippen LogP contribution in [-0.4, -0.2) is 17.1 Å². The van der Waals surface area contributed by atoms with Gasteiger partial charge in [-0.15, -0.1) is 0 Å². The summed E-state index contributed by atoms with van der Waals surface area (Å²) in [4.78, 5) is 11.0. The molecule has 0 radical (unpaired) electrons. The average molecular weight is 195 g/mol. The van der Waals surface area contributed by atoms with Crippen LogP contribution in [0.2, 0.25) is 0 Å². The summed E-state index contributed by atoms with van der Waals surface area (Å²) >= 11 is 0. The van der Waals surface area contributed by atoms with Gasteiger partial charge in [0.15, 0.2) is 0 Å². The molecule has 14 heavy (non-hydrogen) atoms. The quantitative estimate of drug-likeness (QED) is 0.707. The second-order valence-electron chi connectivity index (χ2n) is 3.78. The van der Waals surface area contributed by atoms with Crippen molar-refractivity contribution in [2.75, 3.05) is 0 Å². The van der Waals surface area contributed by atoms with Gasteiger partial charge in [0.05, 0.1) is 0 Å². The van der Waals surface area contributed by atoms with Gasteiger partial charge >= 0.3 is 5.97 Å². The molecule has 2 N–H and O–H groups in total. The lowest BCUT2D eigenvalue weighted by molar-refractivity contribution is -0.140. The van der Waals surface area contributed by atoms with Crippen LogP contribution in [0.4, 0.5) is 0 Å². The first kappa shape index (κ1) is 9.27. The second-order valence-corrected chi connectivity index (χ2v) is 3.78. The van der Waals surface area contributed by atoms with E-state index in [4.69, 9.17) is 9.52 Å². The first-order valence-corrected chi connectivity index (χ1v) is 4.66. The fraction of sp³-hybridized carbons (Fsp3) is 0.500. The second kappa shape index (κ2) is 3.13. The van der Waals surface area contributed by atoms with E-state index in [0.717, 1.165) is 23.5 Å². The molecule has 1 aromatic heterocycles. The predicted octanol–water partition coefficient (Wildman–Crippen LogP) is 1.25. The van der Waals surface area contributed by atoms with Crippen molar-refractivity contribution in [2.24, 2.45) is 0 Å². The smallest absolute Gasteiger partial charge is 0.325 e. The average Bonchev–Trinajstić information content (AvgIpc) is 2.42. The standard InChI is InChI=1S/C10H13NO3/c1-5-3-8-7(4-6(2)14-8)9(11-5)10(12)13/h4-5,9,11H,3H2,1-2H3,(H,12,13). The van der Waals surface area contributed by atoms with Gasteiger partial charge in [0.2, 0.25) is 0 Å². The summed E-state index contributed by atoms with van der Waals surface area (Å²) in [5, 5.41) is 12.0. The summed E-state index contributed by atoms with van der Waals surface area (Å²) in [6.45, 7) is 3.79. The lowest BCUT2D eigenvalue weighted by Crippen LogP contribution is -2.40. The first-order chi connectivity index (χ1) is 6.58. The SMILES string of the molecule is Cc1cc2c(o1)CC(C)NC2C(=O)O. The maximum atomic E-state index is 11.0. The summed E-state index contributed by atoms with van der Waals surface area (Å²) in [5.41, 5.74) is 0.771. The molecule has 0 saturated heterocycles. The molecular weight excluding hydrogens is 182 g/mol. The topological polar surface area (TPSA) is 62.5 Å². The van der Waals surface area contributed by atoms with Gasteiger partial charge in [0.1, 0.15) is 17.6 Å². The predicted molar refractivity (Wildman–Crippen MR) is 50.1 cm³/mol. The molecule has 1 aromatic rings. The molecule has 0 fully saturated rings. The van der Waals surface area contributed by atoms with Crippen molar-refractivity contribution >= 4 is 5.97 Å². The lowest BCUT2D eigenvalue weighted by Gasteiger charge is -2.24. The monoisotopic (exact) mass is 195 g/mol. The highest BCUT2D eigenvalue weighted by Crippen LogP contribution is 2.28. The highest BCUT2D eigenvalue weighted by molar-refractivity contribution is 5.76. The molecule has 0 aromatic carbocycles. The van der Waals surface area contributed by atoms with Crippen LogP contribution in [0.3, 0.4) is 0 Å². The molecule has 4 nitrogen and oxygen atoms in total. The maximum Gasteiger partial charge on any atom is 0.325 e. The third kappa shape index (κ3) is 1.42. The van der Waals surface area contributed by atoms with Crippen molar-refractivity contribution < 1.29 is 14.3 Å². The number of hydrogen-bond donors (Lipinski definition) is 2. The van der Waals surface area contributed by atoms with Crippen molar-refractivity contribution in [3.8, 4) is 0 Å². The zero-order valence-corrected chi connectivity index (χ0v) is 8.20. The number of carboxylic acid groups (broad SMARTS) is 1. The molecular formula is C10H13NO3. The number of carboxylic acids is 1. The van der Waals surface area contributed by atoms with Crippen molar-refractivity contribution in [3.05, 3.63) is 23.2 Å². The Morgan fingerprint density at radius 1 is 1.71 bits per heavy atom. The van der Waals surface area contributed by atoms with Crippen molar-refractivity contribution in [1.82, 2.24) is 5.32 Å². The van der Waals surface area contributed by atoms with Gasteiger partial charge in [0, 0.05) is 18.0 Å². The largest absolute Gasteiger partial charge is 0.480 e. The van der Waals surface area contributed by atoms with Crippen LogP contribution < -0.4 is 5.32 Å². The number of fused-ring (bicyclic) bond motifs is 1. The van der Waals surface area contributed by atoms with Crippen LogP contribution in [0.25, 0.3) is 0 Å². The van der Waals surface area contributed by atoms with Crippen molar-refractivity contribution in [1.29, 1.82) is 0 Å². The van der Waals surface area contributed by atoms with E-state index in [2.05, 4.69) is 5.32 Å². The van der Waals surface area contributed by atoms with E-state index >= 15 is 0 Å². The Morgan fingerprint density at radius 3 is 3.07 bits per heavy atom. The molecule has 2 rings (SSSR count). The Kier molecular flexibility index (Phi) is 2.07. The van der Waals surface area contributed by atoms with Gasteiger partial charge in [0.25, 0.3) is 0 Å². The summed E-state index contributed by atoms with van der Waals surface area (Å²) in [6, 6.07) is 1.33. The molecule has 2 unspecified atom stereocenters. The minimum Gasteiger partial charge on any atom is -0.480 e. The van der Waals surface area contributed by atoms with Crippen molar-refractivity contribution in [2.45, 2.75) is 32.4 Å². The van der Waals surface area contributed by atoms with Crippen LogP contribution in [0.5, 0.6) is 0 Å². The van der Waals surface area contributed by atoms with E-state index < -0.39 is 12.0 Å². The minimum atomic E-state index is -0.849. The Hall–Kier alpha value is -1.29. The molecule has 0 aliphatic carbocycles. The van der Waals surface area contributed by atoms with Crippen LogP contribution in [0, 0.1) is 6.92 Å². The number of aliphatic carboxylic acids is 1. The molecule has 0 spiro atoms. The Labute approximate surface area is 81.9 Å². The third-order valence-corrected chi connectivity index (χ3v) is 2.47. The zero-order valence-electron chi connectivity index (χ0n) is 8.20. The summed E-state index contributed by atoms with van der Waals surface area (Å²) in [5.74, 6) is 0.733. The number of hydrogen-bond acceptors (Lipinski definition) is 3. The number of aryl methyl sites for hydroxylation is 1. The first-order valence-electron chi connectivity index (χ1n) is 4.66. The van der Waals surface area contributed by atoms with E-state index in [-0.39, 0.29) is 6.04 Å². The van der Waals surface area contributed by atoms with Crippen LogP contribution in [-0.2, 0) is 11.2 Å². The van der Waals surface area contributed by atoms with Gasteiger partial charge in [-0.3, -0.25) is 10.1 Å². The molecule has 2 atom stereocenters. The maximum absolute atomic E-state index is 11.0. The Morgan fingerprint density at radius 2 is 2.43 bits per heavy atom. The van der Waals surface area contributed by atoms with E-state index in [1.807, 2.05) is 13.8 Å². The number of furan rings is 1. The zero-order chi connectivity index (χ0) is 10.3. The summed E-state index contributed by atoms with van der Waals surface area (Å²) < 4.78 is 5.45. The lowest BCUT2D eigenvalue weighted by atomic mass is 9.97. The van der Waals surface area contributed by atoms with Crippen LogP contribution in [0.1, 0.15) is 30.0 Å². The fourth-order valence-electron chi connectivity index (χ4n) is 1.90. The molecule has 1 aliphatic heterocycles. The van der Waals surface area contributed by atoms with Gasteiger partial charge < -0.3 is 9.52 Å². The highest BCUT2D eigenvalue weighted by Gasteiger charge is 2.31. The molecule has 0 saturated carbocycles. The normalized spacial score (nSPS) is 25.9. The molecule has 76 valence electrons. The minimum absolute atomic E-state index is 0.147. The van der Waals surface area contributed by atoms with Gasteiger partial charge in [-0.1, -0.05) is 0 Å². The third-order valence-electron chi connectivity index (χ3n) is 2.47. The number of nitrogens with one attached hydrogen (secondary N) is 1. The van der Waals surface area contributed by atoms with E-state index in [0.29, 0.717) is 0 Å². The van der Waals surface area contributed by atoms with Crippen LogP contribution >= 0.6 is 0 Å². The number of carbonyl (C=O) groups is 1. The van der Waals surface area contributed by atoms with E-state index in [9.17, 15) is 4.79 Å². The summed E-state index contributed by atoms with van der Waals surface area (Å²) in [7, 11) is 0. The Bertz CT molecular complexity index is 369. The van der Waals surface area contributed by atoms with Gasteiger partial charge in [-0.25, -0.2) is 0 Å². The molecule has 1 aliphatic rings. The summed E-state index contributed by atoms with van der Waals surface area (Å²) in [6.07, 6.45) is 0.757. The number of rotatable bonds is 1. The fourth-order valence-corrected chi connectivity index (χ4v) is 1.90.